The summed E-state index contributed by atoms with van der Waals surface area (Å²) in [6, 6.07) is 0. The van der Waals surface area contributed by atoms with Crippen molar-refractivity contribution in [3.63, 3.8) is 0 Å². The predicted octanol–water partition coefficient (Wildman–Crippen LogP) is 3.94. The van der Waals surface area contributed by atoms with Gasteiger partial charge in [-0.2, -0.15) is 0 Å². The standard InChI is InChI=1S/C14H22ClN3/c1-4-6-9-18(5-2)14-10(3)12(15)16-13(17-14)11-7-8-11/h11H,4-9H2,1-3H3. The summed E-state index contributed by atoms with van der Waals surface area (Å²) in [5, 5.41) is 0.622. The first-order valence-corrected chi connectivity index (χ1v) is 7.34. The molecule has 2 rings (SSSR count). The number of halogens is 1. The highest BCUT2D eigenvalue weighted by Crippen LogP contribution is 2.39. The fourth-order valence-corrected chi connectivity index (χ4v) is 2.26. The molecule has 18 heavy (non-hydrogen) atoms. The molecule has 1 fully saturated rings. The van der Waals surface area contributed by atoms with Crippen molar-refractivity contribution in [2.45, 2.75) is 52.4 Å². The van der Waals surface area contributed by atoms with Gasteiger partial charge in [0.15, 0.2) is 0 Å². The number of anilines is 1. The molecule has 1 aliphatic rings. The molecule has 1 aliphatic carbocycles. The quantitative estimate of drug-likeness (QED) is 0.731. The normalized spacial score (nSPS) is 14.9. The van der Waals surface area contributed by atoms with E-state index >= 15 is 0 Å². The van der Waals surface area contributed by atoms with Crippen LogP contribution in [0.2, 0.25) is 5.15 Å². The van der Waals surface area contributed by atoms with Gasteiger partial charge in [-0.1, -0.05) is 24.9 Å². The average Bonchev–Trinajstić information content (AvgIpc) is 3.19. The van der Waals surface area contributed by atoms with E-state index in [0.717, 1.165) is 30.3 Å². The molecule has 0 spiro atoms. The van der Waals surface area contributed by atoms with Gasteiger partial charge in [-0.05, 0) is 33.1 Å². The first-order chi connectivity index (χ1) is 8.67. The van der Waals surface area contributed by atoms with Crippen molar-refractivity contribution in [1.82, 2.24) is 9.97 Å². The maximum atomic E-state index is 6.25. The molecule has 0 aromatic carbocycles. The van der Waals surface area contributed by atoms with Crippen molar-refractivity contribution >= 4 is 17.4 Å². The highest BCUT2D eigenvalue weighted by Gasteiger charge is 2.28. The third kappa shape index (κ3) is 2.94. The fourth-order valence-electron chi connectivity index (χ4n) is 2.09. The van der Waals surface area contributed by atoms with Gasteiger partial charge in [-0.15, -0.1) is 0 Å². The van der Waals surface area contributed by atoms with E-state index in [4.69, 9.17) is 16.6 Å². The Labute approximate surface area is 115 Å². The van der Waals surface area contributed by atoms with Gasteiger partial charge in [-0.25, -0.2) is 9.97 Å². The Morgan fingerprint density at radius 1 is 1.28 bits per heavy atom. The van der Waals surface area contributed by atoms with Crippen LogP contribution >= 0.6 is 11.6 Å². The summed E-state index contributed by atoms with van der Waals surface area (Å²) < 4.78 is 0. The van der Waals surface area contributed by atoms with Crippen LogP contribution in [0.25, 0.3) is 0 Å². The topological polar surface area (TPSA) is 29.0 Å². The zero-order valence-electron chi connectivity index (χ0n) is 11.5. The van der Waals surface area contributed by atoms with Crippen molar-refractivity contribution < 1.29 is 0 Å². The Morgan fingerprint density at radius 3 is 2.56 bits per heavy atom. The van der Waals surface area contributed by atoms with Crippen molar-refractivity contribution in [2.75, 3.05) is 18.0 Å². The molecule has 0 aliphatic heterocycles. The molecular weight excluding hydrogens is 246 g/mol. The van der Waals surface area contributed by atoms with Crippen LogP contribution in [0.15, 0.2) is 0 Å². The molecule has 1 aromatic rings. The molecule has 4 heteroatoms. The lowest BCUT2D eigenvalue weighted by Gasteiger charge is -2.24. The van der Waals surface area contributed by atoms with E-state index in [0.29, 0.717) is 11.1 Å². The van der Waals surface area contributed by atoms with E-state index in [1.165, 1.54) is 25.7 Å². The van der Waals surface area contributed by atoms with E-state index in [1.807, 2.05) is 6.92 Å². The SMILES string of the molecule is CCCCN(CC)c1nc(C2CC2)nc(Cl)c1C. The van der Waals surface area contributed by atoms with E-state index in [9.17, 15) is 0 Å². The lowest BCUT2D eigenvalue weighted by Crippen LogP contribution is -2.26. The zero-order valence-corrected chi connectivity index (χ0v) is 12.3. The molecule has 0 radical (unpaired) electrons. The predicted molar refractivity (Wildman–Crippen MR) is 76.5 cm³/mol. The van der Waals surface area contributed by atoms with Gasteiger partial charge < -0.3 is 4.90 Å². The van der Waals surface area contributed by atoms with Gasteiger partial charge in [0.1, 0.15) is 16.8 Å². The Bertz CT molecular complexity index is 416. The molecule has 0 saturated heterocycles. The number of nitrogens with zero attached hydrogens (tertiary/aromatic N) is 3. The minimum Gasteiger partial charge on any atom is -0.357 e. The van der Waals surface area contributed by atoms with Crippen molar-refractivity contribution in [3.8, 4) is 0 Å². The van der Waals surface area contributed by atoms with E-state index in [2.05, 4.69) is 23.7 Å². The van der Waals surface area contributed by atoms with Gasteiger partial charge in [0.2, 0.25) is 0 Å². The summed E-state index contributed by atoms with van der Waals surface area (Å²) in [4.78, 5) is 11.5. The zero-order chi connectivity index (χ0) is 13.1. The minimum absolute atomic E-state index is 0.548. The number of hydrogen-bond donors (Lipinski definition) is 0. The van der Waals surface area contributed by atoms with Crippen LogP contribution < -0.4 is 4.90 Å². The molecule has 0 unspecified atom stereocenters. The smallest absolute Gasteiger partial charge is 0.137 e. The molecule has 0 atom stereocenters. The van der Waals surface area contributed by atoms with Gasteiger partial charge in [0.05, 0.1) is 0 Å². The molecule has 0 bridgehead atoms. The van der Waals surface area contributed by atoms with Crippen LogP contribution in [0.3, 0.4) is 0 Å². The molecule has 0 amide bonds. The number of rotatable bonds is 6. The molecule has 0 N–H and O–H groups in total. The third-order valence-corrected chi connectivity index (χ3v) is 3.85. The Hall–Kier alpha value is -0.830. The lowest BCUT2D eigenvalue weighted by atomic mass is 10.2. The van der Waals surface area contributed by atoms with Crippen LogP contribution in [0, 0.1) is 6.92 Å². The largest absolute Gasteiger partial charge is 0.357 e. The fraction of sp³-hybridized carbons (Fsp3) is 0.714. The van der Waals surface area contributed by atoms with Gasteiger partial charge >= 0.3 is 0 Å². The van der Waals surface area contributed by atoms with Crippen LogP contribution in [-0.4, -0.2) is 23.1 Å². The van der Waals surface area contributed by atoms with Gasteiger partial charge in [0.25, 0.3) is 0 Å². The molecule has 1 saturated carbocycles. The maximum Gasteiger partial charge on any atom is 0.137 e. The van der Waals surface area contributed by atoms with Crippen LogP contribution in [0.1, 0.15) is 56.8 Å². The maximum absolute atomic E-state index is 6.25. The first kappa shape index (κ1) is 13.6. The van der Waals surface area contributed by atoms with E-state index in [1.54, 1.807) is 0 Å². The summed E-state index contributed by atoms with van der Waals surface area (Å²) in [5.41, 5.74) is 1.01. The van der Waals surface area contributed by atoms with Crippen molar-refractivity contribution in [3.05, 3.63) is 16.5 Å². The minimum atomic E-state index is 0.548. The Balaban J connectivity index is 2.28. The molecule has 100 valence electrons. The van der Waals surface area contributed by atoms with Crippen LogP contribution in [0.5, 0.6) is 0 Å². The van der Waals surface area contributed by atoms with Crippen molar-refractivity contribution in [1.29, 1.82) is 0 Å². The second-order valence-electron chi connectivity index (χ2n) is 5.03. The molecule has 1 aromatic heterocycles. The van der Waals surface area contributed by atoms with Crippen LogP contribution in [-0.2, 0) is 0 Å². The van der Waals surface area contributed by atoms with E-state index in [-0.39, 0.29) is 0 Å². The second kappa shape index (κ2) is 5.87. The Morgan fingerprint density at radius 2 is 2.00 bits per heavy atom. The lowest BCUT2D eigenvalue weighted by molar-refractivity contribution is 0.716. The summed E-state index contributed by atoms with van der Waals surface area (Å²) in [5.74, 6) is 2.52. The third-order valence-electron chi connectivity index (χ3n) is 3.48. The highest BCUT2D eigenvalue weighted by molar-refractivity contribution is 6.30. The van der Waals surface area contributed by atoms with E-state index < -0.39 is 0 Å². The average molecular weight is 268 g/mol. The number of unbranched alkanes of at least 4 members (excludes halogenated alkanes) is 1. The van der Waals surface area contributed by atoms with Gasteiger partial charge in [-0.3, -0.25) is 0 Å². The summed E-state index contributed by atoms with van der Waals surface area (Å²) in [6.07, 6.45) is 4.80. The summed E-state index contributed by atoms with van der Waals surface area (Å²) in [7, 11) is 0. The second-order valence-corrected chi connectivity index (χ2v) is 5.39. The van der Waals surface area contributed by atoms with Gasteiger partial charge in [0, 0.05) is 24.6 Å². The number of aromatic nitrogens is 2. The van der Waals surface area contributed by atoms with Crippen molar-refractivity contribution in [2.24, 2.45) is 0 Å². The monoisotopic (exact) mass is 267 g/mol. The highest BCUT2D eigenvalue weighted by atomic mass is 35.5. The first-order valence-electron chi connectivity index (χ1n) is 6.96. The summed E-state index contributed by atoms with van der Waals surface area (Å²) >= 11 is 6.25. The Kier molecular flexibility index (Phi) is 4.44. The summed E-state index contributed by atoms with van der Waals surface area (Å²) in [6.45, 7) is 8.41. The molecule has 1 heterocycles. The molecule has 3 nitrogen and oxygen atoms in total. The number of hydrogen-bond acceptors (Lipinski definition) is 3. The van der Waals surface area contributed by atoms with Crippen LogP contribution in [0.4, 0.5) is 5.82 Å². The molecular formula is C14H22ClN3.